The first-order valence-corrected chi connectivity index (χ1v) is 6.54. The van der Waals surface area contributed by atoms with Crippen LogP contribution in [0.2, 0.25) is 0 Å². The van der Waals surface area contributed by atoms with E-state index >= 15 is 0 Å². The predicted octanol–water partition coefficient (Wildman–Crippen LogP) is 0.838. The summed E-state index contributed by atoms with van der Waals surface area (Å²) < 4.78 is 8.21. The molecule has 0 spiro atoms. The van der Waals surface area contributed by atoms with Gasteiger partial charge in [-0.1, -0.05) is 0 Å². The SMILES string of the molecule is COCCn1cnc2ccc(-c3ccnn3C)nc2c1=O. The summed E-state index contributed by atoms with van der Waals surface area (Å²) in [5.74, 6) is 0. The van der Waals surface area contributed by atoms with E-state index < -0.39 is 0 Å². The van der Waals surface area contributed by atoms with Gasteiger partial charge < -0.3 is 4.74 Å². The zero-order valence-electron chi connectivity index (χ0n) is 11.9. The molecule has 0 aliphatic carbocycles. The number of hydrogen-bond acceptors (Lipinski definition) is 5. The van der Waals surface area contributed by atoms with E-state index in [0.717, 1.165) is 5.69 Å². The van der Waals surface area contributed by atoms with Gasteiger partial charge in [0.05, 0.1) is 36.4 Å². The van der Waals surface area contributed by atoms with Crippen LogP contribution in [-0.2, 0) is 18.3 Å². The maximum Gasteiger partial charge on any atom is 0.279 e. The Kier molecular flexibility index (Phi) is 3.49. The van der Waals surface area contributed by atoms with Crippen LogP contribution in [0, 0.1) is 0 Å². The second-order valence-corrected chi connectivity index (χ2v) is 4.64. The molecule has 0 aromatic carbocycles. The standard InChI is InChI=1S/C14H15N5O2/c1-18-12(5-6-16-18)10-3-4-11-13(17-10)14(20)19(9-15-11)7-8-21-2/h3-6,9H,7-8H2,1-2H3. The number of aromatic nitrogens is 5. The van der Waals surface area contributed by atoms with Crippen LogP contribution < -0.4 is 5.56 Å². The summed E-state index contributed by atoms with van der Waals surface area (Å²) in [4.78, 5) is 21.1. The molecule has 3 rings (SSSR count). The minimum absolute atomic E-state index is 0.166. The fourth-order valence-electron chi connectivity index (χ4n) is 2.15. The number of rotatable bonds is 4. The van der Waals surface area contributed by atoms with Gasteiger partial charge in [-0.05, 0) is 18.2 Å². The Bertz CT molecular complexity index is 837. The molecular formula is C14H15N5O2. The van der Waals surface area contributed by atoms with Gasteiger partial charge in [-0.2, -0.15) is 5.10 Å². The maximum atomic E-state index is 12.4. The molecule has 0 aliphatic heterocycles. The molecule has 3 aromatic rings. The van der Waals surface area contributed by atoms with Crippen molar-refractivity contribution in [3.63, 3.8) is 0 Å². The molecule has 7 nitrogen and oxygen atoms in total. The van der Waals surface area contributed by atoms with Crippen LogP contribution in [0.4, 0.5) is 0 Å². The molecule has 0 aliphatic rings. The van der Waals surface area contributed by atoms with Crippen LogP contribution in [0.1, 0.15) is 0 Å². The summed E-state index contributed by atoms with van der Waals surface area (Å²) >= 11 is 0. The highest BCUT2D eigenvalue weighted by molar-refractivity contribution is 5.76. The summed E-state index contributed by atoms with van der Waals surface area (Å²) in [7, 11) is 3.43. The molecule has 7 heteroatoms. The molecule has 0 radical (unpaired) electrons. The zero-order chi connectivity index (χ0) is 14.8. The summed E-state index contributed by atoms with van der Waals surface area (Å²) in [5.41, 5.74) is 2.32. The number of hydrogen-bond donors (Lipinski definition) is 0. The second kappa shape index (κ2) is 5.45. The molecule has 0 bridgehead atoms. The van der Waals surface area contributed by atoms with Crippen LogP contribution in [0.5, 0.6) is 0 Å². The number of methoxy groups -OCH3 is 1. The van der Waals surface area contributed by atoms with Crippen molar-refractivity contribution in [2.75, 3.05) is 13.7 Å². The zero-order valence-corrected chi connectivity index (χ0v) is 11.9. The lowest BCUT2D eigenvalue weighted by atomic mass is 10.2. The third-order valence-corrected chi connectivity index (χ3v) is 3.29. The number of pyridine rings is 1. The molecule has 0 amide bonds. The van der Waals surface area contributed by atoms with Crippen molar-refractivity contribution in [1.29, 1.82) is 0 Å². The van der Waals surface area contributed by atoms with Crippen molar-refractivity contribution in [3.05, 3.63) is 41.1 Å². The molecule has 3 aromatic heterocycles. The van der Waals surface area contributed by atoms with E-state index in [9.17, 15) is 4.79 Å². The smallest absolute Gasteiger partial charge is 0.279 e. The first kappa shape index (κ1) is 13.4. The highest BCUT2D eigenvalue weighted by Gasteiger charge is 2.09. The molecule has 0 fully saturated rings. The van der Waals surface area contributed by atoms with Crippen LogP contribution in [0.3, 0.4) is 0 Å². The molecule has 0 N–H and O–H groups in total. The van der Waals surface area contributed by atoms with Gasteiger partial charge in [0.1, 0.15) is 0 Å². The normalized spacial score (nSPS) is 11.1. The molecule has 0 saturated carbocycles. The summed E-state index contributed by atoms with van der Waals surface area (Å²) in [5, 5.41) is 4.11. The fourth-order valence-corrected chi connectivity index (χ4v) is 2.15. The molecular weight excluding hydrogens is 270 g/mol. The number of ether oxygens (including phenoxy) is 1. The lowest BCUT2D eigenvalue weighted by Gasteiger charge is -2.07. The van der Waals surface area contributed by atoms with Crippen molar-refractivity contribution in [2.45, 2.75) is 6.54 Å². The quantitative estimate of drug-likeness (QED) is 0.710. The largest absolute Gasteiger partial charge is 0.383 e. The molecule has 0 saturated heterocycles. The average molecular weight is 285 g/mol. The molecule has 0 atom stereocenters. The van der Waals surface area contributed by atoms with Crippen LogP contribution in [-0.4, -0.2) is 38.0 Å². The van der Waals surface area contributed by atoms with E-state index in [1.807, 2.05) is 19.2 Å². The highest BCUT2D eigenvalue weighted by Crippen LogP contribution is 2.17. The Morgan fingerprint density at radius 3 is 2.86 bits per heavy atom. The van der Waals surface area contributed by atoms with Crippen molar-refractivity contribution in [3.8, 4) is 11.4 Å². The Morgan fingerprint density at radius 2 is 2.14 bits per heavy atom. The van der Waals surface area contributed by atoms with Crippen LogP contribution in [0.25, 0.3) is 22.4 Å². The van der Waals surface area contributed by atoms with E-state index in [1.54, 1.807) is 24.1 Å². The molecule has 3 heterocycles. The lowest BCUT2D eigenvalue weighted by Crippen LogP contribution is -2.23. The van der Waals surface area contributed by atoms with Gasteiger partial charge in [-0.3, -0.25) is 14.0 Å². The van der Waals surface area contributed by atoms with E-state index in [1.165, 1.54) is 10.9 Å². The Labute approximate surface area is 120 Å². The van der Waals surface area contributed by atoms with Gasteiger partial charge >= 0.3 is 0 Å². The highest BCUT2D eigenvalue weighted by atomic mass is 16.5. The van der Waals surface area contributed by atoms with Gasteiger partial charge in [0, 0.05) is 20.4 Å². The van der Waals surface area contributed by atoms with Crippen molar-refractivity contribution < 1.29 is 4.74 Å². The Hall–Kier alpha value is -2.54. The summed E-state index contributed by atoms with van der Waals surface area (Å²) in [6, 6.07) is 5.49. The topological polar surface area (TPSA) is 74.8 Å². The van der Waals surface area contributed by atoms with Crippen LogP contribution >= 0.6 is 0 Å². The average Bonchev–Trinajstić information content (AvgIpc) is 2.93. The fraction of sp³-hybridized carbons (Fsp3) is 0.286. The van der Waals surface area contributed by atoms with Gasteiger partial charge in [-0.25, -0.2) is 9.97 Å². The van der Waals surface area contributed by atoms with Gasteiger partial charge in [0.2, 0.25) is 0 Å². The third-order valence-electron chi connectivity index (χ3n) is 3.29. The summed E-state index contributed by atoms with van der Waals surface area (Å²) in [6.45, 7) is 0.907. The van der Waals surface area contributed by atoms with Gasteiger partial charge in [0.15, 0.2) is 5.52 Å². The Balaban J connectivity index is 2.13. The van der Waals surface area contributed by atoms with E-state index in [2.05, 4.69) is 15.1 Å². The third kappa shape index (κ3) is 2.43. The number of nitrogens with zero attached hydrogens (tertiary/aromatic N) is 5. The maximum absolute atomic E-state index is 12.4. The second-order valence-electron chi connectivity index (χ2n) is 4.64. The van der Waals surface area contributed by atoms with Crippen molar-refractivity contribution >= 4 is 11.0 Å². The molecule has 108 valence electrons. The lowest BCUT2D eigenvalue weighted by molar-refractivity contribution is 0.186. The first-order chi connectivity index (χ1) is 10.2. The minimum atomic E-state index is -0.166. The number of aryl methyl sites for hydroxylation is 1. The summed E-state index contributed by atoms with van der Waals surface area (Å²) in [6.07, 6.45) is 3.22. The van der Waals surface area contributed by atoms with Crippen molar-refractivity contribution in [1.82, 2.24) is 24.3 Å². The van der Waals surface area contributed by atoms with E-state index in [4.69, 9.17) is 4.74 Å². The van der Waals surface area contributed by atoms with Crippen LogP contribution in [0.15, 0.2) is 35.5 Å². The first-order valence-electron chi connectivity index (χ1n) is 6.54. The number of fused-ring (bicyclic) bond motifs is 1. The monoisotopic (exact) mass is 285 g/mol. The van der Waals surface area contributed by atoms with E-state index in [-0.39, 0.29) is 5.56 Å². The predicted molar refractivity (Wildman–Crippen MR) is 77.9 cm³/mol. The Morgan fingerprint density at radius 1 is 1.29 bits per heavy atom. The minimum Gasteiger partial charge on any atom is -0.383 e. The van der Waals surface area contributed by atoms with E-state index in [0.29, 0.717) is 29.9 Å². The van der Waals surface area contributed by atoms with Gasteiger partial charge in [-0.15, -0.1) is 0 Å². The molecule has 21 heavy (non-hydrogen) atoms. The van der Waals surface area contributed by atoms with Gasteiger partial charge in [0.25, 0.3) is 5.56 Å². The van der Waals surface area contributed by atoms with Crippen molar-refractivity contribution in [2.24, 2.45) is 7.05 Å². The molecule has 0 unspecified atom stereocenters.